The average molecular weight is 353 g/mol. The molecule has 1 amide bonds. The quantitative estimate of drug-likeness (QED) is 0.783. The molecule has 24 heavy (non-hydrogen) atoms. The van der Waals surface area contributed by atoms with Crippen molar-refractivity contribution in [2.24, 2.45) is 0 Å². The Morgan fingerprint density at radius 3 is 2.38 bits per heavy atom. The molecule has 1 aromatic carbocycles. The van der Waals surface area contributed by atoms with E-state index in [9.17, 15) is 14.4 Å². The summed E-state index contributed by atoms with van der Waals surface area (Å²) in [6.45, 7) is 5.21. The minimum atomic E-state index is -0.963. The van der Waals surface area contributed by atoms with E-state index in [0.717, 1.165) is 17.3 Å². The third-order valence-electron chi connectivity index (χ3n) is 2.82. The number of carboxylic acid groups (broad SMARTS) is 1. The predicted octanol–water partition coefficient (Wildman–Crippen LogP) is 2.86. The second-order valence-corrected chi connectivity index (χ2v) is 7.30. The Kier molecular flexibility index (Phi) is 7.78. The zero-order valence-electron chi connectivity index (χ0n) is 14.1. The van der Waals surface area contributed by atoms with Gasteiger partial charge in [-0.3, -0.25) is 9.59 Å². The number of rotatable bonds is 7. The molecule has 2 N–H and O–H groups in total. The Balaban J connectivity index is 2.73. The summed E-state index contributed by atoms with van der Waals surface area (Å²) >= 11 is 0.902. The van der Waals surface area contributed by atoms with E-state index in [4.69, 9.17) is 9.84 Å². The van der Waals surface area contributed by atoms with Gasteiger partial charge in [0.15, 0.2) is 0 Å². The summed E-state index contributed by atoms with van der Waals surface area (Å²) < 4.78 is 5.19. The minimum Gasteiger partial charge on any atom is -0.481 e. The number of ether oxygens (including phenoxy) is 1. The van der Waals surface area contributed by atoms with Crippen LogP contribution in [0.4, 0.5) is 4.79 Å². The smallest absolute Gasteiger partial charge is 0.408 e. The number of carbonyl (C=O) groups is 3. The summed E-state index contributed by atoms with van der Waals surface area (Å²) in [7, 11) is 0. The highest BCUT2D eigenvalue weighted by molar-refractivity contribution is 8.13. The van der Waals surface area contributed by atoms with Crippen molar-refractivity contribution in [1.29, 1.82) is 0 Å². The number of hydrogen-bond donors (Lipinski definition) is 2. The van der Waals surface area contributed by atoms with Crippen LogP contribution in [-0.2, 0) is 20.7 Å². The number of nitrogens with one attached hydrogen (secondary N) is 1. The van der Waals surface area contributed by atoms with E-state index in [1.165, 1.54) is 0 Å². The van der Waals surface area contributed by atoms with Crippen LogP contribution in [0, 0.1) is 0 Å². The summed E-state index contributed by atoms with van der Waals surface area (Å²) in [6.07, 6.45) is -0.463. The SMILES string of the molecule is CC(C)(C)OC(=O)N[C@@H](Cc1ccccc1)C(=O)SCCC(=O)O. The van der Waals surface area contributed by atoms with E-state index in [1.54, 1.807) is 20.8 Å². The van der Waals surface area contributed by atoms with Crippen LogP contribution in [0.5, 0.6) is 0 Å². The van der Waals surface area contributed by atoms with E-state index >= 15 is 0 Å². The van der Waals surface area contributed by atoms with Crippen LogP contribution in [0.1, 0.15) is 32.8 Å². The number of hydrogen-bond acceptors (Lipinski definition) is 5. The van der Waals surface area contributed by atoms with E-state index < -0.39 is 23.7 Å². The Morgan fingerprint density at radius 1 is 1.21 bits per heavy atom. The van der Waals surface area contributed by atoms with Crippen molar-refractivity contribution >= 4 is 28.9 Å². The molecule has 7 heteroatoms. The first-order valence-electron chi connectivity index (χ1n) is 7.59. The Labute approximate surface area is 146 Å². The van der Waals surface area contributed by atoms with Crippen molar-refractivity contribution < 1.29 is 24.2 Å². The number of aliphatic carboxylic acids is 1. The molecular weight excluding hydrogens is 330 g/mol. The monoisotopic (exact) mass is 353 g/mol. The highest BCUT2D eigenvalue weighted by Crippen LogP contribution is 2.14. The maximum Gasteiger partial charge on any atom is 0.408 e. The van der Waals surface area contributed by atoms with Crippen molar-refractivity contribution in [3.63, 3.8) is 0 Å². The molecule has 0 unspecified atom stereocenters. The topological polar surface area (TPSA) is 92.7 Å². The lowest BCUT2D eigenvalue weighted by molar-refractivity contribution is -0.136. The Bertz CT molecular complexity index is 568. The second-order valence-electron chi connectivity index (χ2n) is 6.20. The lowest BCUT2D eigenvalue weighted by Gasteiger charge is -2.23. The molecular formula is C17H23NO5S. The van der Waals surface area contributed by atoms with Gasteiger partial charge in [-0.1, -0.05) is 42.1 Å². The molecule has 0 saturated heterocycles. The highest BCUT2D eigenvalue weighted by Gasteiger charge is 2.25. The fraction of sp³-hybridized carbons (Fsp3) is 0.471. The van der Waals surface area contributed by atoms with Crippen LogP contribution < -0.4 is 5.32 Å². The number of carbonyl (C=O) groups excluding carboxylic acids is 2. The molecule has 1 rings (SSSR count). The number of benzene rings is 1. The van der Waals surface area contributed by atoms with Crippen molar-refractivity contribution in [3.05, 3.63) is 35.9 Å². The largest absolute Gasteiger partial charge is 0.481 e. The van der Waals surface area contributed by atoms with Crippen molar-refractivity contribution in [1.82, 2.24) is 5.32 Å². The molecule has 1 aromatic rings. The lowest BCUT2D eigenvalue weighted by atomic mass is 10.1. The van der Waals surface area contributed by atoms with E-state index in [-0.39, 0.29) is 17.3 Å². The zero-order chi connectivity index (χ0) is 18.2. The number of amides is 1. The van der Waals surface area contributed by atoms with Gasteiger partial charge >= 0.3 is 12.1 Å². The van der Waals surface area contributed by atoms with E-state index in [1.807, 2.05) is 30.3 Å². The van der Waals surface area contributed by atoms with Crippen LogP contribution in [-0.4, -0.2) is 39.7 Å². The van der Waals surface area contributed by atoms with Gasteiger partial charge in [0.2, 0.25) is 5.12 Å². The van der Waals surface area contributed by atoms with Gasteiger partial charge in [0.1, 0.15) is 11.6 Å². The molecule has 132 valence electrons. The first kappa shape index (κ1) is 20.0. The van der Waals surface area contributed by atoms with Gasteiger partial charge in [0.25, 0.3) is 0 Å². The van der Waals surface area contributed by atoms with Crippen LogP contribution in [0.3, 0.4) is 0 Å². The molecule has 0 heterocycles. The fourth-order valence-electron chi connectivity index (χ4n) is 1.83. The van der Waals surface area contributed by atoms with Gasteiger partial charge in [-0.2, -0.15) is 0 Å². The van der Waals surface area contributed by atoms with Gasteiger partial charge in [-0.05, 0) is 26.3 Å². The maximum atomic E-state index is 12.3. The van der Waals surface area contributed by atoms with Crippen molar-refractivity contribution in [3.8, 4) is 0 Å². The first-order valence-corrected chi connectivity index (χ1v) is 8.58. The molecule has 0 radical (unpaired) electrons. The molecule has 0 aliphatic heterocycles. The normalized spacial score (nSPS) is 12.3. The molecule has 0 spiro atoms. The van der Waals surface area contributed by atoms with Crippen LogP contribution in [0.2, 0.25) is 0 Å². The van der Waals surface area contributed by atoms with Crippen LogP contribution in [0.25, 0.3) is 0 Å². The van der Waals surface area contributed by atoms with Crippen molar-refractivity contribution in [2.45, 2.75) is 45.3 Å². The van der Waals surface area contributed by atoms with Crippen LogP contribution in [0.15, 0.2) is 30.3 Å². The van der Waals surface area contributed by atoms with E-state index in [2.05, 4.69) is 5.32 Å². The summed E-state index contributed by atoms with van der Waals surface area (Å²) in [5.41, 5.74) is 0.228. The third kappa shape index (κ3) is 8.57. The molecule has 0 aliphatic carbocycles. The summed E-state index contributed by atoms with van der Waals surface area (Å²) in [4.78, 5) is 34.8. The first-order chi connectivity index (χ1) is 11.2. The summed E-state index contributed by atoms with van der Waals surface area (Å²) in [6, 6.07) is 8.51. The molecule has 1 atom stereocenters. The molecule has 0 bridgehead atoms. The maximum absolute atomic E-state index is 12.3. The van der Waals surface area contributed by atoms with Crippen molar-refractivity contribution in [2.75, 3.05) is 5.75 Å². The molecule has 0 saturated carbocycles. The number of thioether (sulfide) groups is 1. The molecule has 0 aromatic heterocycles. The van der Waals surface area contributed by atoms with E-state index in [0.29, 0.717) is 6.42 Å². The second kappa shape index (κ2) is 9.32. The zero-order valence-corrected chi connectivity index (χ0v) is 14.9. The molecule has 0 aliphatic rings. The summed E-state index contributed by atoms with van der Waals surface area (Å²) in [5.74, 6) is -0.801. The highest BCUT2D eigenvalue weighted by atomic mass is 32.2. The Hall–Kier alpha value is -2.02. The van der Waals surface area contributed by atoms with Gasteiger partial charge in [0, 0.05) is 12.2 Å². The lowest BCUT2D eigenvalue weighted by Crippen LogP contribution is -2.44. The molecule has 6 nitrogen and oxygen atoms in total. The third-order valence-corrected chi connectivity index (χ3v) is 3.80. The fourth-order valence-corrected chi connectivity index (χ4v) is 2.65. The predicted molar refractivity (Wildman–Crippen MR) is 93.0 cm³/mol. The van der Waals surface area contributed by atoms with Gasteiger partial charge < -0.3 is 15.2 Å². The average Bonchev–Trinajstić information content (AvgIpc) is 2.45. The van der Waals surface area contributed by atoms with Gasteiger partial charge in [-0.15, -0.1) is 0 Å². The Morgan fingerprint density at radius 2 is 1.83 bits per heavy atom. The minimum absolute atomic E-state index is 0.110. The number of carboxylic acids is 1. The van der Waals surface area contributed by atoms with Crippen LogP contribution >= 0.6 is 11.8 Å². The number of alkyl carbamates (subject to hydrolysis) is 1. The standard InChI is InChI=1S/C17H23NO5S/c1-17(2,3)23-16(22)18-13(11-12-7-5-4-6-8-12)15(21)24-10-9-14(19)20/h4-8,13H,9-11H2,1-3H3,(H,18,22)(H,19,20)/t13-/m0/s1. The van der Waals surface area contributed by atoms with Gasteiger partial charge in [-0.25, -0.2) is 4.79 Å². The van der Waals surface area contributed by atoms with Gasteiger partial charge in [0.05, 0.1) is 6.42 Å². The molecule has 0 fully saturated rings. The summed E-state index contributed by atoms with van der Waals surface area (Å²) in [5, 5.41) is 11.0.